The Bertz CT molecular complexity index is 678. The molecular weight excluding hydrogens is 314 g/mol. The first-order valence-electron chi connectivity index (χ1n) is 9.03. The second-order valence-corrected chi connectivity index (χ2v) is 7.48. The molecule has 2 aliphatic rings. The molecule has 0 spiro atoms. The molecule has 134 valence electrons. The van der Waals surface area contributed by atoms with Crippen LogP contribution in [0.1, 0.15) is 45.1 Å². The van der Waals surface area contributed by atoms with Gasteiger partial charge >= 0.3 is 5.97 Å². The lowest BCUT2D eigenvalue weighted by atomic mass is 9.69. The van der Waals surface area contributed by atoms with E-state index in [1.54, 1.807) is 0 Å². The second kappa shape index (κ2) is 7.12. The number of fused-ring (bicyclic) bond motifs is 2. The third-order valence-corrected chi connectivity index (χ3v) is 5.72. The summed E-state index contributed by atoms with van der Waals surface area (Å²) in [5.41, 5.74) is 1.27. The third kappa shape index (κ3) is 3.15. The molecule has 0 aromatic heterocycles. The van der Waals surface area contributed by atoms with Crippen LogP contribution in [0.15, 0.2) is 42.0 Å². The average Bonchev–Trinajstić information content (AvgIpc) is 2.91. The summed E-state index contributed by atoms with van der Waals surface area (Å²) in [5.74, 6) is -0.327. The topological polar surface area (TPSA) is 46.6 Å². The second-order valence-electron chi connectivity index (χ2n) is 7.48. The van der Waals surface area contributed by atoms with Gasteiger partial charge in [-0.2, -0.15) is 0 Å². The van der Waals surface area contributed by atoms with E-state index in [1.165, 1.54) is 12.7 Å². The maximum atomic E-state index is 13.0. The van der Waals surface area contributed by atoms with Gasteiger partial charge in [0.1, 0.15) is 5.41 Å². The van der Waals surface area contributed by atoms with E-state index in [0.29, 0.717) is 12.8 Å². The Morgan fingerprint density at radius 1 is 1.28 bits per heavy atom. The van der Waals surface area contributed by atoms with Gasteiger partial charge in [0.15, 0.2) is 5.78 Å². The summed E-state index contributed by atoms with van der Waals surface area (Å²) in [6.45, 7) is 4.77. The number of benzene rings is 1. The minimum Gasteiger partial charge on any atom is -0.468 e. The van der Waals surface area contributed by atoms with Crippen molar-refractivity contribution in [1.29, 1.82) is 0 Å². The van der Waals surface area contributed by atoms with Crippen molar-refractivity contribution >= 4 is 11.8 Å². The molecule has 1 aromatic rings. The van der Waals surface area contributed by atoms with Gasteiger partial charge in [-0.05, 0) is 38.7 Å². The minimum atomic E-state index is -1.06. The van der Waals surface area contributed by atoms with Gasteiger partial charge in [-0.25, -0.2) is 0 Å². The number of methoxy groups -OCH3 is 1. The van der Waals surface area contributed by atoms with Gasteiger partial charge in [0.05, 0.1) is 7.11 Å². The molecule has 0 aliphatic carbocycles. The van der Waals surface area contributed by atoms with E-state index < -0.39 is 5.41 Å². The molecule has 2 heterocycles. The predicted molar refractivity (Wildman–Crippen MR) is 96.9 cm³/mol. The number of hydrogen-bond donors (Lipinski definition) is 0. The van der Waals surface area contributed by atoms with Crippen molar-refractivity contribution in [2.24, 2.45) is 5.41 Å². The number of esters is 1. The Morgan fingerprint density at radius 3 is 2.64 bits per heavy atom. The highest BCUT2D eigenvalue weighted by Crippen LogP contribution is 2.48. The van der Waals surface area contributed by atoms with E-state index in [0.717, 1.165) is 25.0 Å². The van der Waals surface area contributed by atoms with Crippen LogP contribution in [0.3, 0.4) is 0 Å². The van der Waals surface area contributed by atoms with Gasteiger partial charge < -0.3 is 4.74 Å². The largest absolute Gasteiger partial charge is 0.468 e. The van der Waals surface area contributed by atoms with Crippen molar-refractivity contribution in [3.05, 3.63) is 47.5 Å². The van der Waals surface area contributed by atoms with E-state index in [1.807, 2.05) is 38.1 Å². The molecule has 0 amide bonds. The first-order chi connectivity index (χ1) is 12.0. The van der Waals surface area contributed by atoms with Gasteiger partial charge in [0.2, 0.25) is 0 Å². The maximum Gasteiger partial charge on any atom is 0.321 e. The van der Waals surface area contributed by atoms with Crippen molar-refractivity contribution in [2.45, 2.75) is 58.2 Å². The predicted octanol–water partition coefficient (Wildman–Crippen LogP) is 3.51. The molecule has 0 radical (unpaired) electrons. The minimum absolute atomic E-state index is 0.0497. The van der Waals surface area contributed by atoms with Crippen molar-refractivity contribution in [2.75, 3.05) is 7.11 Å². The number of piperidine rings is 1. The molecule has 4 heteroatoms. The molecule has 2 saturated heterocycles. The molecule has 1 aromatic carbocycles. The lowest BCUT2D eigenvalue weighted by molar-refractivity contribution is -0.166. The number of hydrogen-bond acceptors (Lipinski definition) is 4. The smallest absolute Gasteiger partial charge is 0.321 e. The molecule has 2 aliphatic heterocycles. The number of ether oxygens (including phenoxy) is 1. The van der Waals surface area contributed by atoms with Gasteiger partial charge in [0, 0.05) is 25.0 Å². The van der Waals surface area contributed by atoms with Crippen LogP contribution in [0.4, 0.5) is 0 Å². The number of allylic oxidation sites excluding steroid dienone is 2. The Kier molecular flexibility index (Phi) is 5.09. The van der Waals surface area contributed by atoms with Crippen LogP contribution in [0.5, 0.6) is 0 Å². The van der Waals surface area contributed by atoms with Crippen LogP contribution in [0, 0.1) is 5.41 Å². The van der Waals surface area contributed by atoms with E-state index in [9.17, 15) is 9.59 Å². The summed E-state index contributed by atoms with van der Waals surface area (Å²) >= 11 is 0. The molecule has 0 unspecified atom stereocenters. The Hall–Kier alpha value is -1.94. The highest BCUT2D eigenvalue weighted by molar-refractivity contribution is 6.06. The summed E-state index contributed by atoms with van der Waals surface area (Å²) in [6.07, 6.45) is 4.72. The average molecular weight is 341 g/mol. The first-order valence-corrected chi connectivity index (χ1v) is 9.03. The van der Waals surface area contributed by atoms with Crippen molar-refractivity contribution in [1.82, 2.24) is 4.90 Å². The van der Waals surface area contributed by atoms with E-state index in [2.05, 4.69) is 17.0 Å². The summed E-state index contributed by atoms with van der Waals surface area (Å²) in [6, 6.07) is 10.4. The summed E-state index contributed by atoms with van der Waals surface area (Å²) < 4.78 is 5.13. The summed E-state index contributed by atoms with van der Waals surface area (Å²) in [5, 5.41) is 0. The van der Waals surface area contributed by atoms with Crippen LogP contribution < -0.4 is 0 Å². The van der Waals surface area contributed by atoms with Crippen molar-refractivity contribution < 1.29 is 14.3 Å². The van der Waals surface area contributed by atoms with Crippen LogP contribution in [0.2, 0.25) is 0 Å². The molecule has 0 saturated carbocycles. The fraction of sp³-hybridized carbons (Fsp3) is 0.524. The SMILES string of the molecule is COC(=O)[C@]1(CC=C(C)C)C(=O)C[C@H]2CC[C@@H]1N2Cc1ccccc1. The maximum absolute atomic E-state index is 13.0. The molecule has 4 nitrogen and oxygen atoms in total. The van der Waals surface area contributed by atoms with Gasteiger partial charge in [-0.15, -0.1) is 0 Å². The Labute approximate surface area is 149 Å². The highest BCUT2D eigenvalue weighted by atomic mass is 16.5. The van der Waals surface area contributed by atoms with E-state index in [-0.39, 0.29) is 23.8 Å². The number of rotatable bonds is 5. The van der Waals surface area contributed by atoms with Crippen LogP contribution in [0.25, 0.3) is 0 Å². The molecule has 25 heavy (non-hydrogen) atoms. The number of carbonyl (C=O) groups is 2. The quantitative estimate of drug-likeness (QED) is 0.467. The highest BCUT2D eigenvalue weighted by Gasteiger charge is 2.60. The summed E-state index contributed by atoms with van der Waals surface area (Å²) in [4.78, 5) is 28.2. The molecule has 3 rings (SSSR count). The lowest BCUT2D eigenvalue weighted by Gasteiger charge is -2.45. The van der Waals surface area contributed by atoms with Crippen LogP contribution >= 0.6 is 0 Å². The molecule has 2 bridgehead atoms. The number of carbonyl (C=O) groups excluding carboxylic acids is 2. The van der Waals surface area contributed by atoms with Gasteiger partial charge in [0.25, 0.3) is 0 Å². The molecule has 0 N–H and O–H groups in total. The summed E-state index contributed by atoms with van der Waals surface area (Å²) in [7, 11) is 1.39. The standard InChI is InChI=1S/C21H27NO3/c1-15(2)11-12-21(20(24)25-3)18-10-9-17(13-19(21)23)22(18)14-16-7-5-4-6-8-16/h4-8,11,17-18H,9-10,12-14H2,1-3H3/t17-,18+,21+/m1/s1. The normalized spacial score (nSPS) is 28.7. The Morgan fingerprint density at radius 2 is 2.00 bits per heavy atom. The molecule has 3 atom stereocenters. The zero-order chi connectivity index (χ0) is 18.0. The zero-order valence-corrected chi connectivity index (χ0v) is 15.3. The number of nitrogens with zero attached hydrogens (tertiary/aromatic N) is 1. The van der Waals surface area contributed by atoms with Crippen molar-refractivity contribution in [3.8, 4) is 0 Å². The van der Waals surface area contributed by atoms with Crippen molar-refractivity contribution in [3.63, 3.8) is 0 Å². The monoisotopic (exact) mass is 341 g/mol. The molecule has 2 fully saturated rings. The number of ketones is 1. The van der Waals surface area contributed by atoms with Gasteiger partial charge in [-0.1, -0.05) is 42.0 Å². The fourth-order valence-electron chi connectivity index (χ4n) is 4.43. The first kappa shape index (κ1) is 17.9. The van der Waals surface area contributed by atoms with E-state index >= 15 is 0 Å². The lowest BCUT2D eigenvalue weighted by Crippen LogP contribution is -2.60. The van der Waals surface area contributed by atoms with E-state index in [4.69, 9.17) is 4.74 Å². The third-order valence-electron chi connectivity index (χ3n) is 5.72. The fourth-order valence-corrected chi connectivity index (χ4v) is 4.43. The van der Waals surface area contributed by atoms with Crippen LogP contribution in [-0.2, 0) is 20.9 Å². The zero-order valence-electron chi connectivity index (χ0n) is 15.3. The number of Topliss-reactive ketones (excluding diaryl/α,β-unsaturated/α-hetero) is 1. The van der Waals surface area contributed by atoms with Gasteiger partial charge in [-0.3, -0.25) is 14.5 Å². The molecular formula is C21H27NO3. The Balaban J connectivity index is 1.97. The van der Waals surface area contributed by atoms with Crippen LogP contribution in [-0.4, -0.2) is 35.8 Å².